The Bertz CT molecular complexity index is 650. The van der Waals surface area contributed by atoms with E-state index in [1.165, 1.54) is 12.8 Å². The zero-order valence-electron chi connectivity index (χ0n) is 11.4. The SMILES string of the molecule is O=C(c1ccnc2ccccc12)C1CC2CCC(C1)N2. The average Bonchev–Trinajstić information content (AvgIpc) is 2.84. The number of benzene rings is 1. The third kappa shape index (κ3) is 1.93. The van der Waals surface area contributed by atoms with Gasteiger partial charge >= 0.3 is 0 Å². The summed E-state index contributed by atoms with van der Waals surface area (Å²) in [5, 5.41) is 4.59. The molecular formula is C17H18N2O. The second-order valence-corrected chi connectivity index (χ2v) is 6.05. The molecule has 3 heteroatoms. The standard InChI is InChI=1S/C17H18N2O/c20-17(11-9-12-5-6-13(10-11)19-12)15-7-8-18-16-4-2-1-3-14(15)16/h1-4,7-8,11-13,19H,5-6,9-10H2. The van der Waals surface area contributed by atoms with E-state index in [4.69, 9.17) is 0 Å². The molecule has 3 heterocycles. The molecule has 2 aliphatic rings. The van der Waals surface area contributed by atoms with Gasteiger partial charge in [0.25, 0.3) is 0 Å². The smallest absolute Gasteiger partial charge is 0.166 e. The number of carbonyl (C=O) groups excluding carboxylic acids is 1. The van der Waals surface area contributed by atoms with Crippen LogP contribution in [0.15, 0.2) is 36.5 Å². The average molecular weight is 266 g/mol. The Balaban J connectivity index is 1.70. The topological polar surface area (TPSA) is 42.0 Å². The van der Waals surface area contributed by atoms with Gasteiger partial charge in [0, 0.05) is 35.1 Å². The van der Waals surface area contributed by atoms with E-state index in [9.17, 15) is 4.79 Å². The molecule has 2 atom stereocenters. The molecular weight excluding hydrogens is 248 g/mol. The fraction of sp³-hybridized carbons (Fsp3) is 0.412. The Hall–Kier alpha value is -1.74. The second-order valence-electron chi connectivity index (χ2n) is 6.05. The van der Waals surface area contributed by atoms with Crippen molar-refractivity contribution in [2.45, 2.75) is 37.8 Å². The first-order valence-corrected chi connectivity index (χ1v) is 7.45. The maximum Gasteiger partial charge on any atom is 0.166 e. The molecule has 1 N–H and O–H groups in total. The summed E-state index contributed by atoms with van der Waals surface area (Å²) in [5.41, 5.74) is 1.76. The maximum atomic E-state index is 12.9. The van der Waals surface area contributed by atoms with Gasteiger partial charge in [-0.05, 0) is 37.8 Å². The summed E-state index contributed by atoms with van der Waals surface area (Å²) < 4.78 is 0. The second kappa shape index (κ2) is 4.67. The Morgan fingerprint density at radius 2 is 1.85 bits per heavy atom. The predicted molar refractivity (Wildman–Crippen MR) is 78.7 cm³/mol. The maximum absolute atomic E-state index is 12.9. The molecule has 1 aromatic heterocycles. The highest BCUT2D eigenvalue weighted by molar-refractivity contribution is 6.08. The highest BCUT2D eigenvalue weighted by Gasteiger charge is 2.37. The number of hydrogen-bond acceptors (Lipinski definition) is 3. The fourth-order valence-corrected chi connectivity index (χ4v) is 3.80. The fourth-order valence-electron chi connectivity index (χ4n) is 3.80. The van der Waals surface area contributed by atoms with Crippen LogP contribution < -0.4 is 5.32 Å². The normalized spacial score (nSPS) is 28.7. The van der Waals surface area contributed by atoms with Gasteiger partial charge in [0.05, 0.1) is 5.52 Å². The molecule has 20 heavy (non-hydrogen) atoms. The predicted octanol–water partition coefficient (Wildman–Crippen LogP) is 2.95. The van der Waals surface area contributed by atoms with Crippen LogP contribution in [-0.4, -0.2) is 22.9 Å². The van der Waals surface area contributed by atoms with Crippen LogP contribution in [0.25, 0.3) is 10.9 Å². The summed E-state index contributed by atoms with van der Waals surface area (Å²) in [5.74, 6) is 0.488. The van der Waals surface area contributed by atoms with E-state index in [0.717, 1.165) is 29.3 Å². The lowest BCUT2D eigenvalue weighted by Gasteiger charge is -2.28. The van der Waals surface area contributed by atoms with Gasteiger partial charge in [-0.2, -0.15) is 0 Å². The first-order chi connectivity index (χ1) is 9.81. The van der Waals surface area contributed by atoms with Crippen molar-refractivity contribution < 1.29 is 4.79 Å². The molecule has 0 aliphatic carbocycles. The monoisotopic (exact) mass is 266 g/mol. The van der Waals surface area contributed by atoms with Crippen LogP contribution in [0.4, 0.5) is 0 Å². The van der Waals surface area contributed by atoms with Gasteiger partial charge in [-0.25, -0.2) is 0 Å². The highest BCUT2D eigenvalue weighted by atomic mass is 16.1. The number of rotatable bonds is 2. The summed E-state index contributed by atoms with van der Waals surface area (Å²) in [7, 11) is 0. The summed E-state index contributed by atoms with van der Waals surface area (Å²) >= 11 is 0. The van der Waals surface area contributed by atoms with E-state index < -0.39 is 0 Å². The van der Waals surface area contributed by atoms with Gasteiger partial charge < -0.3 is 5.32 Å². The Kier molecular flexibility index (Phi) is 2.81. The zero-order valence-corrected chi connectivity index (χ0v) is 11.4. The molecule has 4 rings (SSSR count). The number of Topliss-reactive ketones (excluding diaryl/α,β-unsaturated/α-hetero) is 1. The van der Waals surface area contributed by atoms with Crippen LogP contribution in [0.2, 0.25) is 0 Å². The van der Waals surface area contributed by atoms with Crippen LogP contribution in [0.1, 0.15) is 36.0 Å². The summed E-state index contributed by atoms with van der Waals surface area (Å²) in [6, 6.07) is 10.9. The van der Waals surface area contributed by atoms with Crippen molar-refractivity contribution in [1.82, 2.24) is 10.3 Å². The van der Waals surface area contributed by atoms with Gasteiger partial charge in [-0.15, -0.1) is 0 Å². The molecule has 0 radical (unpaired) electrons. The molecule has 0 saturated carbocycles. The summed E-state index contributed by atoms with van der Waals surface area (Å²) in [6.07, 6.45) is 6.19. The zero-order chi connectivity index (χ0) is 13.5. The van der Waals surface area contributed by atoms with E-state index in [1.807, 2.05) is 30.3 Å². The number of piperidine rings is 1. The van der Waals surface area contributed by atoms with Gasteiger partial charge in [0.2, 0.25) is 0 Å². The van der Waals surface area contributed by atoms with Crippen LogP contribution in [0, 0.1) is 5.92 Å². The van der Waals surface area contributed by atoms with E-state index in [1.54, 1.807) is 6.20 Å². The Labute approximate surface area is 118 Å². The first-order valence-electron chi connectivity index (χ1n) is 7.45. The lowest BCUT2D eigenvalue weighted by Crippen LogP contribution is -2.40. The minimum Gasteiger partial charge on any atom is -0.311 e. The molecule has 2 aliphatic heterocycles. The van der Waals surface area contributed by atoms with Crippen molar-refractivity contribution >= 4 is 16.7 Å². The minimum atomic E-state index is 0.180. The number of pyridine rings is 1. The van der Waals surface area contributed by atoms with Gasteiger partial charge in [-0.1, -0.05) is 18.2 Å². The minimum absolute atomic E-state index is 0.180. The molecule has 1 aromatic carbocycles. The molecule has 2 aromatic rings. The third-order valence-corrected chi connectivity index (χ3v) is 4.76. The Morgan fingerprint density at radius 1 is 1.10 bits per heavy atom. The number of nitrogens with zero attached hydrogens (tertiary/aromatic N) is 1. The van der Waals surface area contributed by atoms with Gasteiger partial charge in [0.1, 0.15) is 0 Å². The molecule has 2 fully saturated rings. The van der Waals surface area contributed by atoms with Crippen molar-refractivity contribution in [2.24, 2.45) is 5.92 Å². The summed E-state index contributed by atoms with van der Waals surface area (Å²) in [4.78, 5) is 17.2. The van der Waals surface area contributed by atoms with Crippen molar-refractivity contribution in [2.75, 3.05) is 0 Å². The van der Waals surface area contributed by atoms with Gasteiger partial charge in [0.15, 0.2) is 5.78 Å². The first kappa shape index (κ1) is 12.0. The van der Waals surface area contributed by atoms with Crippen LogP contribution in [0.5, 0.6) is 0 Å². The number of aromatic nitrogens is 1. The molecule has 3 nitrogen and oxygen atoms in total. The number of hydrogen-bond donors (Lipinski definition) is 1. The van der Waals surface area contributed by atoms with Crippen molar-refractivity contribution in [3.05, 3.63) is 42.1 Å². The quantitative estimate of drug-likeness (QED) is 0.850. The molecule has 102 valence electrons. The number of carbonyl (C=O) groups is 1. The summed E-state index contributed by atoms with van der Waals surface area (Å²) in [6.45, 7) is 0. The van der Waals surface area contributed by atoms with E-state index in [-0.39, 0.29) is 5.92 Å². The molecule has 0 spiro atoms. The Morgan fingerprint density at radius 3 is 2.65 bits per heavy atom. The van der Waals surface area contributed by atoms with E-state index in [2.05, 4.69) is 10.3 Å². The molecule has 2 unspecified atom stereocenters. The lowest BCUT2D eigenvalue weighted by atomic mass is 9.85. The van der Waals surface area contributed by atoms with Gasteiger partial charge in [-0.3, -0.25) is 9.78 Å². The number of para-hydroxylation sites is 1. The number of ketones is 1. The van der Waals surface area contributed by atoms with Crippen molar-refractivity contribution in [3.8, 4) is 0 Å². The van der Waals surface area contributed by atoms with Crippen LogP contribution >= 0.6 is 0 Å². The van der Waals surface area contributed by atoms with Crippen LogP contribution in [-0.2, 0) is 0 Å². The highest BCUT2D eigenvalue weighted by Crippen LogP contribution is 2.33. The molecule has 2 saturated heterocycles. The van der Waals surface area contributed by atoms with E-state index in [0.29, 0.717) is 17.9 Å². The molecule has 0 amide bonds. The number of fused-ring (bicyclic) bond motifs is 3. The number of nitrogens with one attached hydrogen (secondary N) is 1. The third-order valence-electron chi connectivity index (χ3n) is 4.76. The largest absolute Gasteiger partial charge is 0.311 e. The lowest BCUT2D eigenvalue weighted by molar-refractivity contribution is 0.0877. The molecule has 2 bridgehead atoms. The van der Waals surface area contributed by atoms with Crippen LogP contribution in [0.3, 0.4) is 0 Å². The van der Waals surface area contributed by atoms with Crippen molar-refractivity contribution in [1.29, 1.82) is 0 Å². The van der Waals surface area contributed by atoms with Crippen molar-refractivity contribution in [3.63, 3.8) is 0 Å². The van der Waals surface area contributed by atoms with E-state index >= 15 is 0 Å².